The Labute approximate surface area is 137 Å². The maximum absolute atomic E-state index is 13.1. The predicted octanol–water partition coefficient (Wildman–Crippen LogP) is 1.40. The van der Waals surface area contributed by atoms with Crippen molar-refractivity contribution in [2.45, 2.75) is 5.54 Å². The molecule has 23 heavy (non-hydrogen) atoms. The monoisotopic (exact) mass is 330 g/mol. The lowest BCUT2D eigenvalue weighted by Gasteiger charge is -2.33. The first-order valence-electron chi connectivity index (χ1n) is 7.29. The van der Waals surface area contributed by atoms with Crippen LogP contribution in [0.25, 0.3) is 0 Å². The molecule has 2 atom stereocenters. The van der Waals surface area contributed by atoms with Crippen LogP contribution in [0.3, 0.4) is 0 Å². The summed E-state index contributed by atoms with van der Waals surface area (Å²) in [6, 6.07) is 5.82. The summed E-state index contributed by atoms with van der Waals surface area (Å²) < 4.78 is 13.1. The molecule has 0 amide bonds. The predicted molar refractivity (Wildman–Crippen MR) is 87.7 cm³/mol. The maximum Gasteiger partial charge on any atom is 0.225 e. The normalized spacial score (nSPS) is 26.7. The van der Waals surface area contributed by atoms with Crippen molar-refractivity contribution in [3.8, 4) is 0 Å². The van der Waals surface area contributed by atoms with Crippen LogP contribution < -0.4 is 10.6 Å². The molecule has 8 heteroatoms. The van der Waals surface area contributed by atoms with Gasteiger partial charge in [0, 0.05) is 24.4 Å². The van der Waals surface area contributed by atoms with Crippen LogP contribution in [0, 0.1) is 11.7 Å². The smallest absolute Gasteiger partial charge is 0.225 e. The van der Waals surface area contributed by atoms with Crippen LogP contribution in [0.4, 0.5) is 10.3 Å². The first kappa shape index (κ1) is 14.4. The summed E-state index contributed by atoms with van der Waals surface area (Å²) in [5.74, 6) is 1.18. The zero-order valence-corrected chi connectivity index (χ0v) is 13.1. The van der Waals surface area contributed by atoms with E-state index in [-0.39, 0.29) is 5.92 Å². The summed E-state index contributed by atoms with van der Waals surface area (Å²) in [5, 5.41) is 0.578. The zero-order chi connectivity index (χ0) is 15.9. The zero-order valence-electron chi connectivity index (χ0n) is 12.3. The number of nitrogens with zero attached hydrogens (tertiary/aromatic N) is 5. The molecule has 0 saturated carbocycles. The molecule has 0 aromatic carbocycles. The summed E-state index contributed by atoms with van der Waals surface area (Å²) in [7, 11) is 0. The third kappa shape index (κ3) is 2.42. The molecule has 2 aliphatic rings. The number of thioether (sulfide) groups is 1. The average Bonchev–Trinajstić information content (AvgIpc) is 2.96. The van der Waals surface area contributed by atoms with E-state index in [0.29, 0.717) is 17.7 Å². The molecule has 0 radical (unpaired) electrons. The molecule has 118 valence electrons. The lowest BCUT2D eigenvalue weighted by molar-refractivity contribution is 0.377. The Morgan fingerprint density at radius 1 is 1.26 bits per heavy atom. The van der Waals surface area contributed by atoms with E-state index in [0.717, 1.165) is 18.0 Å². The van der Waals surface area contributed by atoms with Gasteiger partial charge in [-0.15, -0.1) is 0 Å². The topological polar surface area (TPSA) is 80.3 Å². The number of hydrogen-bond acceptors (Lipinski definition) is 7. The van der Waals surface area contributed by atoms with E-state index in [4.69, 9.17) is 10.7 Å². The van der Waals surface area contributed by atoms with Gasteiger partial charge >= 0.3 is 0 Å². The molecule has 2 N–H and O–H groups in total. The van der Waals surface area contributed by atoms with Crippen molar-refractivity contribution in [2.75, 3.05) is 23.7 Å². The maximum atomic E-state index is 13.1. The second-order valence-electron chi connectivity index (χ2n) is 5.68. The van der Waals surface area contributed by atoms with Crippen LogP contribution in [-0.4, -0.2) is 39.0 Å². The van der Waals surface area contributed by atoms with Crippen LogP contribution in [0.2, 0.25) is 0 Å². The molecular weight excluding hydrogens is 315 g/mol. The fourth-order valence-corrected chi connectivity index (χ4v) is 4.20. The van der Waals surface area contributed by atoms with E-state index in [1.165, 1.54) is 12.4 Å². The largest absolute Gasteiger partial charge is 0.379 e. The number of fused-ring (bicyclic) bond motifs is 1. The lowest BCUT2D eigenvalue weighted by atomic mass is 9.85. The molecule has 1 fully saturated rings. The highest BCUT2D eigenvalue weighted by atomic mass is 32.2. The standard InChI is InChI=1S/C15H15FN6S/c16-11-5-19-14(20-6-11)22-7-10-8-23-13(17)21-15(10,9-22)12-3-1-2-4-18-12/h1-6,10H,7-9H2,(H2,17,21). The Kier molecular flexibility index (Phi) is 3.41. The lowest BCUT2D eigenvalue weighted by Crippen LogP contribution is -2.40. The molecule has 2 aromatic rings. The number of hydrogen-bond donors (Lipinski definition) is 1. The van der Waals surface area contributed by atoms with Gasteiger partial charge in [0.15, 0.2) is 11.0 Å². The Balaban J connectivity index is 1.75. The van der Waals surface area contributed by atoms with Crippen LogP contribution in [0.1, 0.15) is 5.69 Å². The molecule has 0 spiro atoms. The van der Waals surface area contributed by atoms with Crippen LogP contribution in [-0.2, 0) is 5.54 Å². The van der Waals surface area contributed by atoms with Crippen molar-refractivity contribution < 1.29 is 4.39 Å². The van der Waals surface area contributed by atoms with Gasteiger partial charge in [-0.1, -0.05) is 17.8 Å². The van der Waals surface area contributed by atoms with Gasteiger partial charge in [-0.05, 0) is 12.1 Å². The van der Waals surface area contributed by atoms with E-state index in [1.807, 2.05) is 23.1 Å². The molecule has 6 nitrogen and oxygen atoms in total. The molecule has 4 rings (SSSR count). The Bertz CT molecular complexity index is 737. The van der Waals surface area contributed by atoms with E-state index in [9.17, 15) is 4.39 Å². The van der Waals surface area contributed by atoms with E-state index in [1.54, 1.807) is 18.0 Å². The summed E-state index contributed by atoms with van der Waals surface area (Å²) in [5.41, 5.74) is 6.41. The van der Waals surface area contributed by atoms with Gasteiger partial charge in [0.25, 0.3) is 0 Å². The number of rotatable bonds is 2. The quantitative estimate of drug-likeness (QED) is 0.897. The molecule has 2 aromatic heterocycles. The number of amidine groups is 1. The van der Waals surface area contributed by atoms with Crippen LogP contribution in [0.15, 0.2) is 41.8 Å². The van der Waals surface area contributed by atoms with Crippen molar-refractivity contribution >= 4 is 22.9 Å². The highest BCUT2D eigenvalue weighted by Crippen LogP contribution is 2.45. The minimum absolute atomic E-state index is 0.253. The SMILES string of the molecule is NC1=NC2(c3ccccn3)CN(c3ncc(F)cn3)CC2CS1. The molecule has 1 saturated heterocycles. The minimum atomic E-state index is -0.492. The molecule has 2 aliphatic heterocycles. The Hall–Kier alpha value is -2.22. The second kappa shape index (κ2) is 5.45. The summed E-state index contributed by atoms with van der Waals surface area (Å²) >= 11 is 1.56. The van der Waals surface area contributed by atoms with Gasteiger partial charge in [0.2, 0.25) is 5.95 Å². The van der Waals surface area contributed by atoms with E-state index >= 15 is 0 Å². The molecular formula is C15H15FN6S. The summed E-state index contributed by atoms with van der Waals surface area (Å²) in [6.07, 6.45) is 4.14. The van der Waals surface area contributed by atoms with E-state index < -0.39 is 11.4 Å². The molecule has 2 unspecified atom stereocenters. The summed E-state index contributed by atoms with van der Waals surface area (Å²) in [4.78, 5) is 19.5. The van der Waals surface area contributed by atoms with Gasteiger partial charge in [-0.25, -0.2) is 19.4 Å². The number of anilines is 1. The van der Waals surface area contributed by atoms with Gasteiger partial charge in [0.1, 0.15) is 5.54 Å². The molecule has 0 aliphatic carbocycles. The van der Waals surface area contributed by atoms with Gasteiger partial charge in [0.05, 0.1) is 24.6 Å². The third-order valence-corrected chi connectivity index (χ3v) is 5.24. The number of pyridine rings is 1. The second-order valence-corrected chi connectivity index (χ2v) is 6.72. The number of aromatic nitrogens is 3. The van der Waals surface area contributed by atoms with Crippen molar-refractivity contribution in [1.82, 2.24) is 15.0 Å². The minimum Gasteiger partial charge on any atom is -0.379 e. The van der Waals surface area contributed by atoms with Crippen LogP contribution >= 0.6 is 11.8 Å². The number of halogens is 1. The fraction of sp³-hybridized carbons (Fsp3) is 0.333. The number of aliphatic imine (C=N–C) groups is 1. The first-order chi connectivity index (χ1) is 11.2. The summed E-state index contributed by atoms with van der Waals surface area (Å²) in [6.45, 7) is 1.33. The Morgan fingerprint density at radius 2 is 2.09 bits per heavy atom. The van der Waals surface area contributed by atoms with Gasteiger partial charge < -0.3 is 10.6 Å². The van der Waals surface area contributed by atoms with E-state index in [2.05, 4.69) is 15.0 Å². The van der Waals surface area contributed by atoms with Gasteiger partial charge in [-0.2, -0.15) is 0 Å². The highest BCUT2D eigenvalue weighted by Gasteiger charge is 2.51. The van der Waals surface area contributed by atoms with Crippen molar-refractivity contribution in [1.29, 1.82) is 0 Å². The Morgan fingerprint density at radius 3 is 2.83 bits per heavy atom. The van der Waals surface area contributed by atoms with Crippen molar-refractivity contribution in [3.05, 3.63) is 48.3 Å². The highest BCUT2D eigenvalue weighted by molar-refractivity contribution is 8.13. The van der Waals surface area contributed by atoms with Crippen molar-refractivity contribution in [3.63, 3.8) is 0 Å². The van der Waals surface area contributed by atoms with Gasteiger partial charge in [-0.3, -0.25) is 4.98 Å². The number of nitrogens with two attached hydrogens (primary N) is 1. The third-order valence-electron chi connectivity index (χ3n) is 4.29. The molecule has 0 bridgehead atoms. The fourth-order valence-electron chi connectivity index (χ4n) is 3.22. The first-order valence-corrected chi connectivity index (χ1v) is 8.28. The average molecular weight is 330 g/mol. The van der Waals surface area contributed by atoms with Crippen LogP contribution in [0.5, 0.6) is 0 Å². The molecule has 4 heterocycles. The van der Waals surface area contributed by atoms with Crippen molar-refractivity contribution in [2.24, 2.45) is 16.6 Å².